The van der Waals surface area contributed by atoms with Crippen molar-refractivity contribution in [2.75, 3.05) is 18.8 Å². The maximum absolute atomic E-state index is 14.0. The summed E-state index contributed by atoms with van der Waals surface area (Å²) in [6, 6.07) is 10.6. The predicted octanol–water partition coefficient (Wildman–Crippen LogP) is 5.46. The molecule has 2 aromatic rings. The summed E-state index contributed by atoms with van der Waals surface area (Å²) in [6.07, 6.45) is 2.66. The third kappa shape index (κ3) is 3.66. The Morgan fingerprint density at radius 2 is 1.81 bits per heavy atom. The van der Waals surface area contributed by atoms with E-state index in [1.165, 1.54) is 29.3 Å². The van der Waals surface area contributed by atoms with Crippen LogP contribution < -0.4 is 5.73 Å². The summed E-state index contributed by atoms with van der Waals surface area (Å²) in [7, 11) is 0. The van der Waals surface area contributed by atoms with Gasteiger partial charge < -0.3 is 10.5 Å². The summed E-state index contributed by atoms with van der Waals surface area (Å²) < 4.78 is 34.0. The summed E-state index contributed by atoms with van der Waals surface area (Å²) in [5.74, 6) is -1.10. The smallest absolute Gasteiger partial charge is 0.131 e. The minimum Gasteiger partial charge on any atom is -0.398 e. The molecule has 1 saturated heterocycles. The molecule has 2 N–H and O–H groups in total. The lowest BCUT2D eigenvalue weighted by Gasteiger charge is -2.61. The van der Waals surface area contributed by atoms with Gasteiger partial charge in [0.15, 0.2) is 0 Å². The normalized spacial score (nSPS) is 25.8. The van der Waals surface area contributed by atoms with E-state index in [9.17, 15) is 8.78 Å². The van der Waals surface area contributed by atoms with Crippen LogP contribution in [0.2, 0.25) is 0 Å². The van der Waals surface area contributed by atoms with Gasteiger partial charge in [0.25, 0.3) is 0 Å². The highest BCUT2D eigenvalue weighted by Crippen LogP contribution is 2.56. The number of hydrogen-bond donors (Lipinski definition) is 1. The van der Waals surface area contributed by atoms with Crippen LogP contribution in [0.3, 0.4) is 0 Å². The number of anilines is 1. The van der Waals surface area contributed by atoms with Crippen LogP contribution in [-0.2, 0) is 23.2 Å². The lowest BCUT2D eigenvalue weighted by atomic mass is 9.51. The van der Waals surface area contributed by atoms with Crippen molar-refractivity contribution in [3.05, 3.63) is 64.7 Å². The van der Waals surface area contributed by atoms with E-state index >= 15 is 0 Å². The molecule has 1 heterocycles. The molecule has 5 heteroatoms. The van der Waals surface area contributed by atoms with Crippen molar-refractivity contribution in [2.45, 2.75) is 71.1 Å². The van der Waals surface area contributed by atoms with E-state index in [0.717, 1.165) is 38.0 Å². The first-order chi connectivity index (χ1) is 14.7. The fourth-order valence-electron chi connectivity index (χ4n) is 5.73. The quantitative estimate of drug-likeness (QED) is 0.621. The van der Waals surface area contributed by atoms with Gasteiger partial charge in [-0.15, -0.1) is 0 Å². The molecule has 0 spiro atoms. The molecule has 1 aliphatic carbocycles. The van der Waals surface area contributed by atoms with Gasteiger partial charge >= 0.3 is 0 Å². The van der Waals surface area contributed by atoms with Gasteiger partial charge in [-0.25, -0.2) is 8.78 Å². The average Bonchev–Trinajstić information content (AvgIpc) is 2.71. The van der Waals surface area contributed by atoms with Crippen LogP contribution in [0.5, 0.6) is 0 Å². The first-order valence-electron chi connectivity index (χ1n) is 11.4. The van der Waals surface area contributed by atoms with Crippen LogP contribution in [0.4, 0.5) is 14.5 Å². The molecule has 0 saturated carbocycles. The zero-order valence-electron chi connectivity index (χ0n) is 19.1. The van der Waals surface area contributed by atoms with Crippen LogP contribution in [0.25, 0.3) is 0 Å². The summed E-state index contributed by atoms with van der Waals surface area (Å²) in [6.45, 7) is 10.9. The molecule has 2 aromatic carbocycles. The molecule has 0 aromatic heterocycles. The van der Waals surface area contributed by atoms with E-state index < -0.39 is 11.6 Å². The Balaban J connectivity index is 1.54. The minimum absolute atomic E-state index is 0.00636. The molecule has 4 rings (SSSR count). The third-order valence-electron chi connectivity index (χ3n) is 8.22. The fourth-order valence-corrected chi connectivity index (χ4v) is 5.73. The molecule has 168 valence electrons. The molecule has 2 bridgehead atoms. The fraction of sp³-hybridized carbons (Fsp3) is 0.538. The van der Waals surface area contributed by atoms with E-state index in [-0.39, 0.29) is 29.1 Å². The number of fused-ring (bicyclic) bond motifs is 4. The molecule has 0 radical (unpaired) electrons. The van der Waals surface area contributed by atoms with E-state index in [1.807, 2.05) is 6.07 Å². The Kier molecular flexibility index (Phi) is 5.86. The number of nitrogen functional groups attached to an aromatic ring is 1. The van der Waals surface area contributed by atoms with Crippen molar-refractivity contribution in [1.29, 1.82) is 0 Å². The number of halogens is 2. The molecule has 3 unspecified atom stereocenters. The Bertz CT molecular complexity index is 940. The van der Waals surface area contributed by atoms with Gasteiger partial charge in [-0.05, 0) is 60.5 Å². The lowest BCUT2D eigenvalue weighted by molar-refractivity contribution is -0.0694. The largest absolute Gasteiger partial charge is 0.398 e. The first kappa shape index (κ1) is 22.2. The third-order valence-corrected chi connectivity index (χ3v) is 8.22. The summed E-state index contributed by atoms with van der Waals surface area (Å²) in [4.78, 5) is 2.52. The number of benzene rings is 2. The van der Waals surface area contributed by atoms with Gasteiger partial charge in [0, 0.05) is 29.3 Å². The lowest BCUT2D eigenvalue weighted by Crippen LogP contribution is -2.64. The zero-order valence-corrected chi connectivity index (χ0v) is 19.1. The molecule has 3 nitrogen and oxygen atoms in total. The summed E-state index contributed by atoms with van der Waals surface area (Å²) >= 11 is 0. The Hall–Kier alpha value is -1.98. The summed E-state index contributed by atoms with van der Waals surface area (Å²) in [5, 5.41) is 0. The number of piperidine rings is 1. The van der Waals surface area contributed by atoms with E-state index in [1.54, 1.807) is 0 Å². The molecule has 1 fully saturated rings. The van der Waals surface area contributed by atoms with Gasteiger partial charge in [-0.2, -0.15) is 0 Å². The van der Waals surface area contributed by atoms with Gasteiger partial charge in [0.1, 0.15) is 11.6 Å². The zero-order chi connectivity index (χ0) is 22.4. The monoisotopic (exact) mass is 428 g/mol. The number of likely N-dealkylation sites (tertiary alicyclic amines) is 1. The highest BCUT2D eigenvalue weighted by Gasteiger charge is 2.56. The van der Waals surface area contributed by atoms with Gasteiger partial charge in [0.05, 0.1) is 12.7 Å². The maximum Gasteiger partial charge on any atom is 0.131 e. The van der Waals surface area contributed by atoms with Crippen molar-refractivity contribution in [2.24, 2.45) is 5.41 Å². The maximum atomic E-state index is 14.0. The second-order valence-corrected chi connectivity index (χ2v) is 9.93. The van der Waals surface area contributed by atoms with Crippen molar-refractivity contribution in [1.82, 2.24) is 4.90 Å². The molecular formula is C26H34F2N2O. The van der Waals surface area contributed by atoms with E-state index in [4.69, 9.17) is 10.5 Å². The number of nitrogens with two attached hydrogens (primary N) is 1. The van der Waals surface area contributed by atoms with Gasteiger partial charge in [-0.3, -0.25) is 4.90 Å². The molecule has 31 heavy (non-hydrogen) atoms. The van der Waals surface area contributed by atoms with Crippen LogP contribution >= 0.6 is 0 Å². The van der Waals surface area contributed by atoms with Crippen molar-refractivity contribution >= 4 is 5.69 Å². The molecule has 2 aliphatic rings. The topological polar surface area (TPSA) is 38.5 Å². The first-order valence-corrected chi connectivity index (χ1v) is 11.4. The van der Waals surface area contributed by atoms with Crippen LogP contribution in [0, 0.1) is 17.0 Å². The molecule has 0 amide bonds. The second kappa shape index (κ2) is 8.18. The standard InChI is InChI=1S/C26H34F2N2O/c1-5-17(31-16-19-21(27)9-7-10-22(19)28)15-30-13-12-26(4)20-8-6-11-23(29)18(20)14-24(30)25(26,2)3/h6-11,17,24H,5,12-16,29H2,1-4H3. The number of hydrogen-bond acceptors (Lipinski definition) is 3. The molecular weight excluding hydrogens is 394 g/mol. The number of nitrogens with zero attached hydrogens (tertiary/aromatic N) is 1. The number of ether oxygens (including phenoxy) is 1. The van der Waals surface area contributed by atoms with Crippen LogP contribution in [-0.4, -0.2) is 30.1 Å². The van der Waals surface area contributed by atoms with Crippen LogP contribution in [0.1, 0.15) is 57.2 Å². The Morgan fingerprint density at radius 1 is 1.13 bits per heavy atom. The van der Waals surface area contributed by atoms with E-state index in [0.29, 0.717) is 6.04 Å². The molecule has 1 aliphatic heterocycles. The second-order valence-electron chi connectivity index (χ2n) is 9.93. The van der Waals surface area contributed by atoms with E-state index in [2.05, 4.69) is 44.7 Å². The Morgan fingerprint density at radius 3 is 2.48 bits per heavy atom. The van der Waals surface area contributed by atoms with Gasteiger partial charge in [0.2, 0.25) is 0 Å². The Labute approximate surface area is 184 Å². The highest BCUT2D eigenvalue weighted by atomic mass is 19.1. The average molecular weight is 429 g/mol. The number of rotatable bonds is 6. The SMILES string of the molecule is CCC(CN1CCC2(C)c3cccc(N)c3CC1C2(C)C)OCc1c(F)cccc1F. The predicted molar refractivity (Wildman–Crippen MR) is 121 cm³/mol. The van der Waals surface area contributed by atoms with Crippen molar-refractivity contribution in [3.8, 4) is 0 Å². The molecule has 3 atom stereocenters. The highest BCUT2D eigenvalue weighted by molar-refractivity contribution is 5.56. The minimum atomic E-state index is -0.552. The van der Waals surface area contributed by atoms with Crippen molar-refractivity contribution < 1.29 is 13.5 Å². The summed E-state index contributed by atoms with van der Waals surface area (Å²) in [5.41, 5.74) is 10.1. The van der Waals surface area contributed by atoms with Crippen molar-refractivity contribution in [3.63, 3.8) is 0 Å². The van der Waals surface area contributed by atoms with Gasteiger partial charge in [-0.1, -0.05) is 45.9 Å². The van der Waals surface area contributed by atoms with Crippen LogP contribution in [0.15, 0.2) is 36.4 Å².